The van der Waals surface area contributed by atoms with Gasteiger partial charge in [-0.25, -0.2) is 13.8 Å². The molecule has 0 heterocycles. The zero-order valence-corrected chi connectivity index (χ0v) is 20.4. The minimum absolute atomic E-state index is 0.101. The van der Waals surface area contributed by atoms with Gasteiger partial charge in [0.2, 0.25) is 10.0 Å². The molecule has 0 spiro atoms. The fraction of sp³-hybridized carbons (Fsp3) is 0.143. The number of hydrogen-bond acceptors (Lipinski definition) is 4. The lowest BCUT2D eigenvalue weighted by Crippen LogP contribution is -2.46. The molecule has 178 valence electrons. The van der Waals surface area contributed by atoms with Gasteiger partial charge in [0.05, 0.1) is 10.6 Å². The first kappa shape index (κ1) is 24.3. The summed E-state index contributed by atoms with van der Waals surface area (Å²) in [5.74, 6) is -0.538. The molecule has 0 aliphatic rings. The molecule has 4 aromatic rings. The van der Waals surface area contributed by atoms with E-state index in [1.54, 1.807) is 12.1 Å². The van der Waals surface area contributed by atoms with Gasteiger partial charge in [-0.05, 0) is 48.7 Å². The highest BCUT2D eigenvalue weighted by atomic mass is 32.2. The predicted molar refractivity (Wildman–Crippen MR) is 140 cm³/mol. The summed E-state index contributed by atoms with van der Waals surface area (Å²) in [5.41, 5.74) is 5.86. The van der Waals surface area contributed by atoms with Gasteiger partial charge in [0.15, 0.2) is 0 Å². The molecule has 4 rings (SSSR count). The third kappa shape index (κ3) is 6.01. The molecule has 0 bridgehead atoms. The van der Waals surface area contributed by atoms with Crippen molar-refractivity contribution in [3.63, 3.8) is 0 Å². The van der Waals surface area contributed by atoms with E-state index < -0.39 is 22.0 Å². The molecule has 0 unspecified atom stereocenters. The van der Waals surface area contributed by atoms with Gasteiger partial charge in [0, 0.05) is 5.56 Å². The second kappa shape index (κ2) is 10.6. The molecule has 1 atom stereocenters. The van der Waals surface area contributed by atoms with Crippen LogP contribution < -0.4 is 10.1 Å². The van der Waals surface area contributed by atoms with Crippen molar-refractivity contribution in [1.29, 1.82) is 0 Å². The molecule has 7 heteroatoms. The summed E-state index contributed by atoms with van der Waals surface area (Å²) < 4.78 is 28.6. The van der Waals surface area contributed by atoms with Crippen molar-refractivity contribution in [1.82, 2.24) is 10.1 Å². The SMILES string of the molecule is C/C(=N\NC(=O)[C@H](Cc1ccccc1)NS(=O)(=O)c1ccc(C)cc1)c1cccc2ccccc12. The predicted octanol–water partition coefficient (Wildman–Crippen LogP) is 4.58. The molecule has 0 aromatic heterocycles. The Morgan fingerprint density at radius 1 is 0.857 bits per heavy atom. The average Bonchev–Trinajstić information content (AvgIpc) is 2.87. The quantitative estimate of drug-likeness (QED) is 0.283. The van der Waals surface area contributed by atoms with Crippen molar-refractivity contribution >= 4 is 32.4 Å². The van der Waals surface area contributed by atoms with E-state index in [-0.39, 0.29) is 11.3 Å². The van der Waals surface area contributed by atoms with E-state index in [2.05, 4.69) is 15.2 Å². The van der Waals surface area contributed by atoms with Gasteiger partial charge in [-0.15, -0.1) is 0 Å². The van der Waals surface area contributed by atoms with Gasteiger partial charge in [-0.2, -0.15) is 9.82 Å². The smallest absolute Gasteiger partial charge is 0.258 e. The summed E-state index contributed by atoms with van der Waals surface area (Å²) in [6, 6.07) is 28.5. The van der Waals surface area contributed by atoms with Gasteiger partial charge in [-0.1, -0.05) is 90.5 Å². The molecule has 1 amide bonds. The lowest BCUT2D eigenvalue weighted by atomic mass is 10.0. The number of amides is 1. The van der Waals surface area contributed by atoms with Crippen molar-refractivity contribution in [2.45, 2.75) is 31.2 Å². The Balaban J connectivity index is 1.59. The molecule has 2 N–H and O–H groups in total. The number of carbonyl (C=O) groups excluding carboxylic acids is 1. The second-order valence-electron chi connectivity index (χ2n) is 8.38. The van der Waals surface area contributed by atoms with Crippen LogP contribution in [0.1, 0.15) is 23.6 Å². The van der Waals surface area contributed by atoms with E-state index in [9.17, 15) is 13.2 Å². The molecule has 6 nitrogen and oxygen atoms in total. The van der Waals surface area contributed by atoms with Crippen molar-refractivity contribution in [2.24, 2.45) is 5.10 Å². The molecular weight excluding hydrogens is 458 g/mol. The second-order valence-corrected chi connectivity index (χ2v) is 10.1. The molecule has 4 aromatic carbocycles. The Bertz CT molecular complexity index is 1460. The first-order valence-corrected chi connectivity index (χ1v) is 12.8. The zero-order valence-electron chi connectivity index (χ0n) is 19.6. The molecule has 0 aliphatic carbocycles. The van der Waals surface area contributed by atoms with E-state index in [0.29, 0.717) is 5.71 Å². The molecule has 0 aliphatic heterocycles. The maximum Gasteiger partial charge on any atom is 0.258 e. The minimum atomic E-state index is -3.92. The summed E-state index contributed by atoms with van der Waals surface area (Å²) in [6.07, 6.45) is 0.181. The minimum Gasteiger partial charge on any atom is -0.271 e. The molecule has 0 saturated carbocycles. The highest BCUT2D eigenvalue weighted by molar-refractivity contribution is 7.89. The third-order valence-corrected chi connectivity index (χ3v) is 7.23. The Morgan fingerprint density at radius 2 is 1.51 bits per heavy atom. The Morgan fingerprint density at radius 3 is 2.26 bits per heavy atom. The van der Waals surface area contributed by atoms with Crippen LogP contribution in [0, 0.1) is 6.92 Å². The van der Waals surface area contributed by atoms with Crippen LogP contribution in [0.15, 0.2) is 107 Å². The van der Waals surface area contributed by atoms with Crippen LogP contribution in [-0.4, -0.2) is 26.1 Å². The topological polar surface area (TPSA) is 87.6 Å². The van der Waals surface area contributed by atoms with E-state index in [1.807, 2.05) is 86.6 Å². The van der Waals surface area contributed by atoms with Crippen LogP contribution in [0.25, 0.3) is 10.8 Å². The maximum absolute atomic E-state index is 13.2. The molecular formula is C28H27N3O3S. The van der Waals surface area contributed by atoms with Gasteiger partial charge in [-0.3, -0.25) is 4.79 Å². The first-order chi connectivity index (χ1) is 16.8. The van der Waals surface area contributed by atoms with Gasteiger partial charge in [0.25, 0.3) is 5.91 Å². The monoisotopic (exact) mass is 485 g/mol. The van der Waals surface area contributed by atoms with E-state index in [4.69, 9.17) is 0 Å². The molecule has 0 radical (unpaired) electrons. The highest BCUT2D eigenvalue weighted by Crippen LogP contribution is 2.19. The summed E-state index contributed by atoms with van der Waals surface area (Å²) in [7, 11) is -3.92. The summed E-state index contributed by atoms with van der Waals surface area (Å²) in [6.45, 7) is 3.69. The van der Waals surface area contributed by atoms with Crippen molar-refractivity contribution in [2.75, 3.05) is 0 Å². The number of benzene rings is 4. The normalized spacial score (nSPS) is 12.9. The van der Waals surface area contributed by atoms with Crippen LogP contribution >= 0.6 is 0 Å². The molecule has 0 fully saturated rings. The number of aryl methyl sites for hydroxylation is 1. The van der Waals surface area contributed by atoms with Crippen molar-refractivity contribution in [3.05, 3.63) is 114 Å². The number of sulfonamides is 1. The molecule has 0 saturated heterocycles. The fourth-order valence-electron chi connectivity index (χ4n) is 3.83. The highest BCUT2D eigenvalue weighted by Gasteiger charge is 2.26. The van der Waals surface area contributed by atoms with Gasteiger partial charge >= 0.3 is 0 Å². The van der Waals surface area contributed by atoms with E-state index in [1.165, 1.54) is 12.1 Å². The van der Waals surface area contributed by atoms with Crippen LogP contribution in [-0.2, 0) is 21.2 Å². The van der Waals surface area contributed by atoms with Gasteiger partial charge in [0.1, 0.15) is 6.04 Å². The van der Waals surface area contributed by atoms with E-state index >= 15 is 0 Å². The number of carbonyl (C=O) groups is 1. The third-order valence-electron chi connectivity index (χ3n) is 5.74. The number of nitrogens with zero attached hydrogens (tertiary/aromatic N) is 1. The van der Waals surface area contributed by atoms with Crippen LogP contribution in [0.5, 0.6) is 0 Å². The average molecular weight is 486 g/mol. The maximum atomic E-state index is 13.2. The fourth-order valence-corrected chi connectivity index (χ4v) is 5.02. The lowest BCUT2D eigenvalue weighted by molar-refractivity contribution is -0.122. The van der Waals surface area contributed by atoms with Crippen LogP contribution in [0.3, 0.4) is 0 Å². The number of hydrazone groups is 1. The Labute approximate surface area is 205 Å². The number of hydrogen-bond donors (Lipinski definition) is 2. The number of fused-ring (bicyclic) bond motifs is 1. The van der Waals surface area contributed by atoms with E-state index in [0.717, 1.165) is 27.5 Å². The summed E-state index contributed by atoms with van der Waals surface area (Å²) in [5, 5.41) is 6.39. The largest absolute Gasteiger partial charge is 0.271 e. The summed E-state index contributed by atoms with van der Waals surface area (Å²) >= 11 is 0. The zero-order chi connectivity index (χ0) is 24.8. The number of nitrogens with one attached hydrogen (secondary N) is 2. The number of rotatable bonds is 8. The molecule has 35 heavy (non-hydrogen) atoms. The van der Waals surface area contributed by atoms with Gasteiger partial charge < -0.3 is 0 Å². The van der Waals surface area contributed by atoms with Crippen molar-refractivity contribution in [3.8, 4) is 0 Å². The summed E-state index contributed by atoms with van der Waals surface area (Å²) in [4.78, 5) is 13.3. The lowest BCUT2D eigenvalue weighted by Gasteiger charge is -2.18. The van der Waals surface area contributed by atoms with Crippen LogP contribution in [0.2, 0.25) is 0 Å². The van der Waals surface area contributed by atoms with Crippen LogP contribution in [0.4, 0.5) is 0 Å². The Hall–Kier alpha value is -3.81. The standard InChI is InChI=1S/C28H27N3O3S/c1-20-15-17-24(18-16-20)35(33,34)31-27(19-22-9-4-3-5-10-22)28(32)30-29-21(2)25-14-8-12-23-11-6-7-13-26(23)25/h3-18,27,31H,19H2,1-2H3,(H,30,32)/b29-21+/t27-/m0/s1. The Kier molecular flexibility index (Phi) is 7.39. The first-order valence-electron chi connectivity index (χ1n) is 11.3. The van der Waals surface area contributed by atoms with Crippen molar-refractivity contribution < 1.29 is 13.2 Å².